The Morgan fingerprint density at radius 2 is 1.25 bits per heavy atom. The zero-order chi connectivity index (χ0) is 18.7. The van der Waals surface area contributed by atoms with E-state index in [2.05, 4.69) is 16.0 Å². The zero-order valence-electron chi connectivity index (χ0n) is 14.8. The lowest BCUT2D eigenvalue weighted by atomic mass is 10.1. The third-order valence-corrected chi connectivity index (χ3v) is 3.11. The highest BCUT2D eigenvalue weighted by Gasteiger charge is 2.24. The predicted octanol–water partition coefficient (Wildman–Crippen LogP) is 0.755. The fourth-order valence-electron chi connectivity index (χ4n) is 1.69. The van der Waals surface area contributed by atoms with Crippen LogP contribution in [-0.4, -0.2) is 47.6 Å². The summed E-state index contributed by atoms with van der Waals surface area (Å²) in [6.45, 7) is 8.09. The van der Waals surface area contributed by atoms with E-state index in [-0.39, 0.29) is 0 Å². The van der Waals surface area contributed by atoms with E-state index < -0.39 is 35.8 Å². The SMILES string of the molecule is CC(C)CCNC(=O)/C(C(=O)NCC(=O)O)=C(/O)NCCC(C)C. The third kappa shape index (κ3) is 9.70. The Balaban J connectivity index is 5.00. The minimum absolute atomic E-state index is 0.353. The molecule has 138 valence electrons. The molecule has 0 unspecified atom stereocenters. The van der Waals surface area contributed by atoms with E-state index in [1.54, 1.807) is 0 Å². The summed E-state index contributed by atoms with van der Waals surface area (Å²) in [5.74, 6) is -2.72. The summed E-state index contributed by atoms with van der Waals surface area (Å²) in [6, 6.07) is 0. The van der Waals surface area contributed by atoms with Gasteiger partial charge in [0.25, 0.3) is 11.8 Å². The van der Waals surface area contributed by atoms with Crippen molar-refractivity contribution in [3.63, 3.8) is 0 Å². The van der Waals surface area contributed by atoms with Crippen molar-refractivity contribution in [3.8, 4) is 0 Å². The molecule has 0 aromatic rings. The van der Waals surface area contributed by atoms with E-state index in [1.807, 2.05) is 27.7 Å². The maximum atomic E-state index is 12.2. The van der Waals surface area contributed by atoms with Gasteiger partial charge in [0.1, 0.15) is 6.54 Å². The fourth-order valence-corrected chi connectivity index (χ4v) is 1.69. The molecule has 0 rings (SSSR count). The standard InChI is InChI=1S/C16H29N3O5/c1-10(2)5-7-17-14(22)13(16(24)19-9-12(20)21)15(23)18-8-6-11(3)4/h10-11,17,22H,5-9H2,1-4H3,(H,18,23)(H,19,24)(H,20,21)/b14-13-. The Labute approximate surface area is 142 Å². The molecule has 2 amide bonds. The summed E-state index contributed by atoms with van der Waals surface area (Å²) < 4.78 is 0. The second-order valence-electron chi connectivity index (χ2n) is 6.35. The minimum atomic E-state index is -1.24. The molecule has 0 bridgehead atoms. The van der Waals surface area contributed by atoms with Crippen LogP contribution in [0.5, 0.6) is 0 Å². The lowest BCUT2D eigenvalue weighted by Gasteiger charge is -2.13. The van der Waals surface area contributed by atoms with E-state index in [0.29, 0.717) is 24.9 Å². The molecule has 0 aliphatic carbocycles. The zero-order valence-corrected chi connectivity index (χ0v) is 14.8. The van der Waals surface area contributed by atoms with Crippen LogP contribution < -0.4 is 16.0 Å². The number of carboxylic acids is 1. The first-order valence-corrected chi connectivity index (χ1v) is 8.10. The van der Waals surface area contributed by atoms with Crippen LogP contribution in [0.2, 0.25) is 0 Å². The molecule has 24 heavy (non-hydrogen) atoms. The second-order valence-corrected chi connectivity index (χ2v) is 6.35. The predicted molar refractivity (Wildman–Crippen MR) is 90.2 cm³/mol. The van der Waals surface area contributed by atoms with Gasteiger partial charge in [-0.3, -0.25) is 14.4 Å². The monoisotopic (exact) mass is 343 g/mol. The molecule has 8 heteroatoms. The van der Waals surface area contributed by atoms with Gasteiger partial charge in [0.15, 0.2) is 5.57 Å². The van der Waals surface area contributed by atoms with Gasteiger partial charge in [-0.25, -0.2) is 0 Å². The quantitative estimate of drug-likeness (QED) is 0.163. The van der Waals surface area contributed by atoms with E-state index in [4.69, 9.17) is 5.11 Å². The first-order valence-electron chi connectivity index (χ1n) is 8.10. The number of carbonyl (C=O) groups is 3. The van der Waals surface area contributed by atoms with Crippen molar-refractivity contribution in [3.05, 3.63) is 11.5 Å². The maximum absolute atomic E-state index is 12.2. The van der Waals surface area contributed by atoms with Crippen molar-refractivity contribution < 1.29 is 24.6 Å². The van der Waals surface area contributed by atoms with Gasteiger partial charge in [-0.2, -0.15) is 0 Å². The van der Waals surface area contributed by atoms with Crippen LogP contribution in [0.3, 0.4) is 0 Å². The summed E-state index contributed by atoms with van der Waals surface area (Å²) in [5.41, 5.74) is -0.510. The molecule has 0 aromatic heterocycles. The van der Waals surface area contributed by atoms with Crippen molar-refractivity contribution in [2.24, 2.45) is 11.8 Å². The number of aliphatic carboxylic acids is 1. The molecule has 5 N–H and O–H groups in total. The lowest BCUT2D eigenvalue weighted by molar-refractivity contribution is -0.138. The first-order chi connectivity index (χ1) is 11.1. The number of hydrogen-bond donors (Lipinski definition) is 5. The largest absolute Gasteiger partial charge is 0.494 e. The van der Waals surface area contributed by atoms with Gasteiger partial charge in [-0.05, 0) is 24.7 Å². The fraction of sp³-hybridized carbons (Fsp3) is 0.688. The smallest absolute Gasteiger partial charge is 0.322 e. The number of aliphatic hydroxyl groups excluding tert-OH is 1. The number of rotatable bonds is 11. The summed E-state index contributed by atoms with van der Waals surface area (Å²) in [6.07, 6.45) is 1.46. The molecule has 0 fully saturated rings. The van der Waals surface area contributed by atoms with E-state index in [9.17, 15) is 19.5 Å². The van der Waals surface area contributed by atoms with Crippen LogP contribution in [0.1, 0.15) is 40.5 Å². The molecule has 0 aliphatic heterocycles. The Morgan fingerprint density at radius 1 is 0.792 bits per heavy atom. The Morgan fingerprint density at radius 3 is 1.71 bits per heavy atom. The van der Waals surface area contributed by atoms with Crippen molar-refractivity contribution in [2.45, 2.75) is 40.5 Å². The van der Waals surface area contributed by atoms with E-state index in [0.717, 1.165) is 12.8 Å². The Hall–Kier alpha value is -2.25. The molecule has 0 radical (unpaired) electrons. The van der Waals surface area contributed by atoms with Crippen molar-refractivity contribution in [1.82, 2.24) is 16.0 Å². The van der Waals surface area contributed by atoms with E-state index in [1.165, 1.54) is 0 Å². The Bertz CT molecular complexity index is 472. The summed E-state index contributed by atoms with van der Waals surface area (Å²) in [7, 11) is 0. The number of amides is 2. The van der Waals surface area contributed by atoms with Crippen molar-refractivity contribution in [2.75, 3.05) is 19.6 Å². The molecule has 0 spiro atoms. The number of carbonyl (C=O) groups excluding carboxylic acids is 2. The molecule has 0 atom stereocenters. The van der Waals surface area contributed by atoms with Gasteiger partial charge in [-0.1, -0.05) is 27.7 Å². The van der Waals surface area contributed by atoms with E-state index >= 15 is 0 Å². The van der Waals surface area contributed by atoms with Gasteiger partial charge < -0.3 is 26.2 Å². The van der Waals surface area contributed by atoms with Gasteiger partial charge in [0.05, 0.1) is 0 Å². The molecular weight excluding hydrogens is 314 g/mol. The van der Waals surface area contributed by atoms with Crippen LogP contribution >= 0.6 is 0 Å². The summed E-state index contributed by atoms with van der Waals surface area (Å²) in [4.78, 5) is 34.8. The van der Waals surface area contributed by atoms with Gasteiger partial charge >= 0.3 is 5.97 Å². The van der Waals surface area contributed by atoms with Gasteiger partial charge in [0.2, 0.25) is 5.88 Å². The average Bonchev–Trinajstić information content (AvgIpc) is 2.44. The van der Waals surface area contributed by atoms with Crippen LogP contribution in [-0.2, 0) is 14.4 Å². The number of nitrogens with one attached hydrogen (secondary N) is 3. The highest BCUT2D eigenvalue weighted by Crippen LogP contribution is 2.04. The van der Waals surface area contributed by atoms with Crippen LogP contribution in [0.25, 0.3) is 0 Å². The average molecular weight is 343 g/mol. The van der Waals surface area contributed by atoms with Crippen LogP contribution in [0, 0.1) is 11.8 Å². The maximum Gasteiger partial charge on any atom is 0.322 e. The first kappa shape index (κ1) is 21.8. The highest BCUT2D eigenvalue weighted by molar-refractivity contribution is 6.19. The molecule has 0 aliphatic rings. The highest BCUT2D eigenvalue weighted by atomic mass is 16.4. The lowest BCUT2D eigenvalue weighted by Crippen LogP contribution is -2.40. The molecule has 8 nitrogen and oxygen atoms in total. The summed E-state index contributed by atoms with van der Waals surface area (Å²) >= 11 is 0. The minimum Gasteiger partial charge on any atom is -0.494 e. The number of carboxylic acid groups (broad SMARTS) is 1. The van der Waals surface area contributed by atoms with Crippen LogP contribution in [0.15, 0.2) is 11.5 Å². The van der Waals surface area contributed by atoms with Crippen molar-refractivity contribution >= 4 is 17.8 Å². The van der Waals surface area contributed by atoms with Crippen molar-refractivity contribution in [1.29, 1.82) is 0 Å². The normalized spacial score (nSPS) is 11.9. The molecule has 0 saturated heterocycles. The number of aliphatic hydroxyl groups is 1. The molecule has 0 aromatic carbocycles. The molecular formula is C16H29N3O5. The topological polar surface area (TPSA) is 128 Å². The second kappa shape index (κ2) is 11.3. The molecule has 0 saturated carbocycles. The number of hydrogen-bond acceptors (Lipinski definition) is 5. The summed E-state index contributed by atoms with van der Waals surface area (Å²) in [5, 5.41) is 25.9. The van der Waals surface area contributed by atoms with Gasteiger partial charge in [-0.15, -0.1) is 0 Å². The molecule has 0 heterocycles. The Kier molecular flexibility index (Phi) is 10.3. The van der Waals surface area contributed by atoms with Gasteiger partial charge in [0, 0.05) is 13.1 Å². The third-order valence-electron chi connectivity index (χ3n) is 3.11. The van der Waals surface area contributed by atoms with Crippen LogP contribution in [0.4, 0.5) is 0 Å².